The van der Waals surface area contributed by atoms with Crippen molar-refractivity contribution in [1.29, 1.82) is 0 Å². The summed E-state index contributed by atoms with van der Waals surface area (Å²) in [6.07, 6.45) is -0.885. The molecule has 2 aliphatic rings. The van der Waals surface area contributed by atoms with Crippen molar-refractivity contribution in [3.05, 3.63) is 33.9 Å². The minimum Gasteiger partial charge on any atom is -0.487 e. The summed E-state index contributed by atoms with van der Waals surface area (Å²) in [5.41, 5.74) is -0.223. The van der Waals surface area contributed by atoms with Crippen LogP contribution in [0.1, 0.15) is 37.2 Å². The van der Waals surface area contributed by atoms with E-state index in [2.05, 4.69) is 9.64 Å². The molecule has 1 unspecified atom stereocenters. The number of pyridine rings is 1. The third-order valence-electron chi connectivity index (χ3n) is 5.98. The Kier molecular flexibility index (Phi) is 6.65. The maximum Gasteiger partial charge on any atom is 0.511 e. The number of piperazine rings is 1. The molecule has 0 spiro atoms. The monoisotopic (exact) mass is 477 g/mol. The van der Waals surface area contributed by atoms with Crippen molar-refractivity contribution in [3.8, 4) is 5.75 Å². The third-order valence-corrected chi connectivity index (χ3v) is 5.98. The van der Waals surface area contributed by atoms with Gasteiger partial charge in [-0.1, -0.05) is 0 Å². The number of anilines is 1. The summed E-state index contributed by atoms with van der Waals surface area (Å²) in [6, 6.07) is 0.934. The van der Waals surface area contributed by atoms with Gasteiger partial charge in [-0.25, -0.2) is 14.0 Å². The average molecular weight is 477 g/mol. The van der Waals surface area contributed by atoms with Crippen LogP contribution in [0, 0.1) is 5.82 Å². The van der Waals surface area contributed by atoms with E-state index in [1.807, 2.05) is 18.9 Å². The summed E-state index contributed by atoms with van der Waals surface area (Å²) in [6.45, 7) is 7.93. The molecule has 2 atom stereocenters. The quantitative estimate of drug-likeness (QED) is 0.475. The molecule has 184 valence electrons. The number of likely N-dealkylation sites (N-methyl/N-ethyl adjacent to an activating group) is 1. The van der Waals surface area contributed by atoms with E-state index in [9.17, 15) is 14.4 Å². The number of benzene rings is 1. The Bertz CT molecular complexity index is 1170. The highest BCUT2D eigenvalue weighted by Crippen LogP contribution is 2.42. The van der Waals surface area contributed by atoms with Crippen LogP contribution in [0.15, 0.2) is 17.1 Å². The van der Waals surface area contributed by atoms with Crippen LogP contribution >= 0.6 is 0 Å². The highest BCUT2D eigenvalue weighted by molar-refractivity contribution is 5.98. The van der Waals surface area contributed by atoms with Crippen molar-refractivity contribution in [2.24, 2.45) is 0 Å². The van der Waals surface area contributed by atoms with Gasteiger partial charge < -0.3 is 33.3 Å². The van der Waals surface area contributed by atoms with Crippen molar-refractivity contribution < 1.29 is 32.9 Å². The normalized spacial score (nSPS) is 18.9. The van der Waals surface area contributed by atoms with Gasteiger partial charge >= 0.3 is 12.1 Å². The number of hydrogen-bond donors (Lipinski definition) is 0. The molecular weight excluding hydrogens is 449 g/mol. The molecule has 1 aromatic heterocycles. The van der Waals surface area contributed by atoms with Gasteiger partial charge in [-0.05, 0) is 27.0 Å². The maximum atomic E-state index is 15.4. The number of aromatic nitrogens is 1. The maximum absolute atomic E-state index is 15.4. The Balaban J connectivity index is 1.74. The molecular formula is C23H28FN3O7. The first-order valence-electron chi connectivity index (χ1n) is 11.2. The summed E-state index contributed by atoms with van der Waals surface area (Å²) in [5, 5.41) is 0.0188. The van der Waals surface area contributed by atoms with E-state index in [-0.39, 0.29) is 30.2 Å². The first kappa shape index (κ1) is 23.8. The summed E-state index contributed by atoms with van der Waals surface area (Å²) < 4.78 is 37.6. The lowest BCUT2D eigenvalue weighted by molar-refractivity contribution is -0.0812. The molecule has 2 aromatic rings. The number of carbonyl (C=O) groups is 2. The van der Waals surface area contributed by atoms with E-state index in [0.29, 0.717) is 30.0 Å². The fraction of sp³-hybridized carbons (Fsp3) is 0.522. The van der Waals surface area contributed by atoms with Crippen LogP contribution in [-0.2, 0) is 14.2 Å². The van der Waals surface area contributed by atoms with E-state index in [0.717, 1.165) is 19.2 Å². The molecule has 0 radical (unpaired) electrons. The SMILES string of the molecule is CCOC(=O)OC(C)OC(=O)c1cn2c3c(c(N4CCN(C)CC4)c(F)cc3c1=O)OC[C@@H]2C. The van der Waals surface area contributed by atoms with Gasteiger partial charge in [0.25, 0.3) is 0 Å². The van der Waals surface area contributed by atoms with Gasteiger partial charge in [0.2, 0.25) is 11.7 Å². The highest BCUT2D eigenvalue weighted by Gasteiger charge is 2.31. The first-order valence-corrected chi connectivity index (χ1v) is 11.2. The minimum atomic E-state index is -1.28. The number of ether oxygens (including phenoxy) is 4. The molecule has 2 aliphatic heterocycles. The predicted octanol–water partition coefficient (Wildman–Crippen LogP) is 2.52. The Hall–Kier alpha value is -3.34. The van der Waals surface area contributed by atoms with Crippen LogP contribution < -0.4 is 15.1 Å². The van der Waals surface area contributed by atoms with Gasteiger partial charge in [0.15, 0.2) is 11.6 Å². The zero-order chi connectivity index (χ0) is 24.6. The van der Waals surface area contributed by atoms with E-state index >= 15 is 4.39 Å². The molecule has 0 bridgehead atoms. The predicted molar refractivity (Wildman–Crippen MR) is 121 cm³/mol. The van der Waals surface area contributed by atoms with Crippen molar-refractivity contribution in [1.82, 2.24) is 9.47 Å². The number of rotatable bonds is 5. The van der Waals surface area contributed by atoms with Crippen molar-refractivity contribution in [2.75, 3.05) is 51.3 Å². The lowest BCUT2D eigenvalue weighted by atomic mass is 10.1. The molecule has 4 rings (SSSR count). The van der Waals surface area contributed by atoms with Crippen molar-refractivity contribution in [2.45, 2.75) is 33.1 Å². The Morgan fingerprint density at radius 1 is 1.24 bits per heavy atom. The van der Waals surface area contributed by atoms with Gasteiger partial charge in [0.1, 0.15) is 17.9 Å². The van der Waals surface area contributed by atoms with Gasteiger partial charge in [0.05, 0.1) is 23.6 Å². The second kappa shape index (κ2) is 9.49. The Labute approximate surface area is 195 Å². The zero-order valence-corrected chi connectivity index (χ0v) is 19.6. The first-order chi connectivity index (χ1) is 16.2. The van der Waals surface area contributed by atoms with Gasteiger partial charge in [0, 0.05) is 39.3 Å². The molecule has 10 nitrogen and oxygen atoms in total. The van der Waals surface area contributed by atoms with E-state index < -0.39 is 29.7 Å². The standard InChI is InChI=1S/C23H28FN3O7/c1-5-31-23(30)34-14(3)33-22(29)16-11-27-13(2)12-32-21-18(27)15(20(16)28)10-17(24)19(21)26-8-6-25(4)7-9-26/h10-11,13-14H,5-9,12H2,1-4H3/t13-,14?/m0/s1. The molecule has 0 saturated carbocycles. The smallest absolute Gasteiger partial charge is 0.487 e. The molecule has 1 aromatic carbocycles. The van der Waals surface area contributed by atoms with Crippen LogP contribution in [-0.4, -0.2) is 74.3 Å². The molecule has 0 amide bonds. The van der Waals surface area contributed by atoms with Crippen LogP contribution in [0.25, 0.3) is 10.9 Å². The van der Waals surface area contributed by atoms with Crippen molar-refractivity contribution in [3.63, 3.8) is 0 Å². The van der Waals surface area contributed by atoms with Gasteiger partial charge in [-0.15, -0.1) is 0 Å². The zero-order valence-electron chi connectivity index (χ0n) is 19.6. The van der Waals surface area contributed by atoms with Crippen LogP contribution in [0.2, 0.25) is 0 Å². The molecule has 0 aliphatic carbocycles. The fourth-order valence-corrected chi connectivity index (χ4v) is 4.21. The number of hydrogen-bond acceptors (Lipinski definition) is 9. The lowest BCUT2D eigenvalue weighted by Crippen LogP contribution is -2.45. The van der Waals surface area contributed by atoms with E-state index in [4.69, 9.17) is 14.2 Å². The number of halogens is 1. The van der Waals surface area contributed by atoms with Crippen LogP contribution in [0.4, 0.5) is 14.9 Å². The van der Waals surface area contributed by atoms with Crippen LogP contribution in [0.3, 0.4) is 0 Å². The second-order valence-electron chi connectivity index (χ2n) is 8.44. The summed E-state index contributed by atoms with van der Waals surface area (Å²) in [4.78, 5) is 41.5. The topological polar surface area (TPSA) is 99.5 Å². The summed E-state index contributed by atoms with van der Waals surface area (Å²) >= 11 is 0. The number of nitrogens with zero attached hydrogens (tertiary/aromatic N) is 3. The van der Waals surface area contributed by atoms with Crippen LogP contribution in [0.5, 0.6) is 5.75 Å². The second-order valence-corrected chi connectivity index (χ2v) is 8.44. The molecule has 3 heterocycles. The summed E-state index contributed by atoms with van der Waals surface area (Å²) in [5.74, 6) is -1.28. The Morgan fingerprint density at radius 2 is 1.94 bits per heavy atom. The number of esters is 1. The lowest BCUT2D eigenvalue weighted by Gasteiger charge is -2.37. The molecule has 1 saturated heterocycles. The Morgan fingerprint density at radius 3 is 2.62 bits per heavy atom. The van der Waals surface area contributed by atoms with Gasteiger partial charge in [-0.3, -0.25) is 4.79 Å². The van der Waals surface area contributed by atoms with Crippen molar-refractivity contribution >= 4 is 28.7 Å². The largest absolute Gasteiger partial charge is 0.511 e. The molecule has 0 N–H and O–H groups in total. The average Bonchev–Trinajstić information content (AvgIpc) is 2.78. The minimum absolute atomic E-state index is 0.0188. The molecule has 34 heavy (non-hydrogen) atoms. The summed E-state index contributed by atoms with van der Waals surface area (Å²) in [7, 11) is 2.01. The van der Waals surface area contributed by atoms with E-state index in [1.54, 1.807) is 11.5 Å². The molecule has 1 fully saturated rings. The van der Waals surface area contributed by atoms with Gasteiger partial charge in [-0.2, -0.15) is 0 Å². The molecule has 11 heteroatoms. The fourth-order valence-electron chi connectivity index (χ4n) is 4.21. The highest BCUT2D eigenvalue weighted by atomic mass is 19.1. The number of carbonyl (C=O) groups excluding carboxylic acids is 2. The third kappa shape index (κ3) is 4.39. The van der Waals surface area contributed by atoms with E-state index in [1.165, 1.54) is 13.1 Å².